The minimum Gasteiger partial charge on any atom is -0.353 e. The van der Waals surface area contributed by atoms with Crippen LogP contribution in [0, 0.1) is 5.92 Å². The van der Waals surface area contributed by atoms with Crippen LogP contribution >= 0.6 is 0 Å². The predicted molar refractivity (Wildman–Crippen MR) is 103 cm³/mol. The van der Waals surface area contributed by atoms with Crippen LogP contribution in [0.5, 0.6) is 0 Å². The smallest absolute Gasteiger partial charge is 0.174 e. The number of methoxy groups -OCH3 is 1. The number of benzene rings is 1. The summed E-state index contributed by atoms with van der Waals surface area (Å²) in [7, 11) is 1.80. The van der Waals surface area contributed by atoms with E-state index in [-0.39, 0.29) is 0 Å². The van der Waals surface area contributed by atoms with E-state index in [0.29, 0.717) is 5.92 Å². The molecule has 2 atom stereocenters. The van der Waals surface area contributed by atoms with Crippen LogP contribution in [0.1, 0.15) is 77.7 Å². The quantitative estimate of drug-likeness (QED) is 0.290. The van der Waals surface area contributed by atoms with Crippen LogP contribution in [0.15, 0.2) is 30.3 Å². The van der Waals surface area contributed by atoms with Crippen LogP contribution in [-0.2, 0) is 15.9 Å². The van der Waals surface area contributed by atoms with Crippen molar-refractivity contribution < 1.29 is 9.47 Å². The van der Waals surface area contributed by atoms with Crippen molar-refractivity contribution in [3.05, 3.63) is 35.9 Å². The second-order valence-electron chi connectivity index (χ2n) is 6.98. The second kappa shape index (κ2) is 12.5. The molecular weight excluding hydrogens is 296 g/mol. The highest BCUT2D eigenvalue weighted by Gasteiger charge is 2.37. The molecule has 1 aromatic carbocycles. The number of unbranched alkanes of at least 4 members (excludes halogenated alkanes) is 5. The number of rotatable bonds is 14. The number of hydrogen-bond donors (Lipinski definition) is 0. The average molecular weight is 335 g/mol. The SMILES string of the molecule is CCCCCCCCC(C)C(Cc1ccccc1)(OC)OCCC. The van der Waals surface area contributed by atoms with Gasteiger partial charge in [-0.2, -0.15) is 0 Å². The van der Waals surface area contributed by atoms with E-state index in [2.05, 4.69) is 51.1 Å². The Kier molecular flexibility index (Phi) is 11.0. The summed E-state index contributed by atoms with van der Waals surface area (Å²) in [5, 5.41) is 0. The van der Waals surface area contributed by atoms with E-state index >= 15 is 0 Å². The fourth-order valence-corrected chi connectivity index (χ4v) is 3.31. The molecule has 2 nitrogen and oxygen atoms in total. The Morgan fingerprint density at radius 2 is 1.58 bits per heavy atom. The van der Waals surface area contributed by atoms with Gasteiger partial charge in [0.1, 0.15) is 0 Å². The summed E-state index contributed by atoms with van der Waals surface area (Å²) < 4.78 is 12.2. The van der Waals surface area contributed by atoms with E-state index in [1.807, 2.05) is 0 Å². The van der Waals surface area contributed by atoms with E-state index in [1.165, 1.54) is 44.1 Å². The Labute approximate surface area is 149 Å². The average Bonchev–Trinajstić information content (AvgIpc) is 2.62. The van der Waals surface area contributed by atoms with Gasteiger partial charge in [-0.05, 0) is 18.4 Å². The fraction of sp³-hybridized carbons (Fsp3) is 0.727. The standard InChI is InChI=1S/C22H38O2/c1-5-7-8-9-10-12-15-20(3)22(23-4,24-18-6-2)19-21-16-13-11-14-17-21/h11,13-14,16-17,20H,5-10,12,15,18-19H2,1-4H3. The summed E-state index contributed by atoms with van der Waals surface area (Å²) in [4.78, 5) is 0. The third-order valence-electron chi connectivity index (χ3n) is 4.93. The fourth-order valence-electron chi connectivity index (χ4n) is 3.31. The maximum Gasteiger partial charge on any atom is 0.174 e. The van der Waals surface area contributed by atoms with Gasteiger partial charge in [0.15, 0.2) is 5.79 Å². The molecule has 1 aromatic rings. The van der Waals surface area contributed by atoms with E-state index in [4.69, 9.17) is 9.47 Å². The Balaban J connectivity index is 2.61. The van der Waals surface area contributed by atoms with Crippen LogP contribution in [0.2, 0.25) is 0 Å². The van der Waals surface area contributed by atoms with Crippen molar-refractivity contribution in [1.29, 1.82) is 0 Å². The second-order valence-corrected chi connectivity index (χ2v) is 6.98. The van der Waals surface area contributed by atoms with Gasteiger partial charge in [-0.25, -0.2) is 0 Å². The van der Waals surface area contributed by atoms with Crippen LogP contribution < -0.4 is 0 Å². The van der Waals surface area contributed by atoms with E-state index in [0.717, 1.165) is 25.9 Å². The van der Waals surface area contributed by atoms with Crippen molar-refractivity contribution in [2.75, 3.05) is 13.7 Å². The highest BCUT2D eigenvalue weighted by atomic mass is 16.7. The molecule has 0 heterocycles. The zero-order valence-electron chi connectivity index (χ0n) is 16.4. The lowest BCUT2D eigenvalue weighted by Crippen LogP contribution is -2.44. The molecule has 0 saturated carbocycles. The first kappa shape index (κ1) is 21.2. The first-order chi connectivity index (χ1) is 11.7. The first-order valence-electron chi connectivity index (χ1n) is 9.91. The number of ether oxygens (including phenoxy) is 2. The molecule has 0 saturated heterocycles. The van der Waals surface area contributed by atoms with E-state index in [1.54, 1.807) is 7.11 Å². The third kappa shape index (κ3) is 7.36. The van der Waals surface area contributed by atoms with Gasteiger partial charge in [0.05, 0.1) is 0 Å². The minimum atomic E-state index is -0.499. The van der Waals surface area contributed by atoms with Crippen molar-refractivity contribution in [3.63, 3.8) is 0 Å². The molecule has 24 heavy (non-hydrogen) atoms. The molecule has 0 N–H and O–H groups in total. The molecule has 0 fully saturated rings. The summed E-state index contributed by atoms with van der Waals surface area (Å²) >= 11 is 0. The minimum absolute atomic E-state index is 0.389. The van der Waals surface area contributed by atoms with Gasteiger partial charge in [-0.3, -0.25) is 0 Å². The maximum atomic E-state index is 6.27. The molecule has 0 amide bonds. The molecule has 1 rings (SSSR count). The van der Waals surface area contributed by atoms with Crippen LogP contribution in [0.4, 0.5) is 0 Å². The normalized spacial score (nSPS) is 15.2. The summed E-state index contributed by atoms with van der Waals surface area (Å²) in [6, 6.07) is 10.6. The van der Waals surface area contributed by atoms with Gasteiger partial charge >= 0.3 is 0 Å². The van der Waals surface area contributed by atoms with Crippen molar-refractivity contribution in [2.45, 2.75) is 84.3 Å². The lowest BCUT2D eigenvalue weighted by Gasteiger charge is -2.38. The Hall–Kier alpha value is -0.860. The first-order valence-corrected chi connectivity index (χ1v) is 9.91. The molecule has 0 aliphatic heterocycles. The molecule has 0 aliphatic carbocycles. The van der Waals surface area contributed by atoms with Crippen molar-refractivity contribution in [1.82, 2.24) is 0 Å². The predicted octanol–water partition coefficient (Wildman–Crippen LogP) is 6.39. The zero-order valence-corrected chi connectivity index (χ0v) is 16.4. The Morgan fingerprint density at radius 1 is 0.917 bits per heavy atom. The summed E-state index contributed by atoms with van der Waals surface area (Å²) in [6.07, 6.45) is 11.0. The molecule has 0 spiro atoms. The Bertz CT molecular complexity index is 404. The largest absolute Gasteiger partial charge is 0.353 e. The molecular formula is C22H38O2. The lowest BCUT2D eigenvalue weighted by molar-refractivity contribution is -0.251. The van der Waals surface area contributed by atoms with Crippen LogP contribution in [0.25, 0.3) is 0 Å². The molecule has 2 unspecified atom stereocenters. The molecule has 2 heteroatoms. The lowest BCUT2D eigenvalue weighted by atomic mass is 9.88. The molecule has 0 bridgehead atoms. The van der Waals surface area contributed by atoms with Crippen molar-refractivity contribution in [2.24, 2.45) is 5.92 Å². The molecule has 0 aromatic heterocycles. The van der Waals surface area contributed by atoms with Gasteiger partial charge in [0, 0.05) is 26.1 Å². The van der Waals surface area contributed by atoms with Gasteiger partial charge in [-0.15, -0.1) is 0 Å². The monoisotopic (exact) mass is 334 g/mol. The summed E-state index contributed by atoms with van der Waals surface area (Å²) in [5.41, 5.74) is 1.28. The summed E-state index contributed by atoms with van der Waals surface area (Å²) in [6.45, 7) is 7.46. The van der Waals surface area contributed by atoms with E-state index in [9.17, 15) is 0 Å². The van der Waals surface area contributed by atoms with Crippen LogP contribution in [0.3, 0.4) is 0 Å². The maximum absolute atomic E-state index is 6.27. The summed E-state index contributed by atoms with van der Waals surface area (Å²) in [5.74, 6) is -0.110. The molecule has 0 aliphatic rings. The number of hydrogen-bond acceptors (Lipinski definition) is 2. The van der Waals surface area contributed by atoms with Crippen molar-refractivity contribution in [3.8, 4) is 0 Å². The third-order valence-corrected chi connectivity index (χ3v) is 4.93. The van der Waals surface area contributed by atoms with Gasteiger partial charge in [-0.1, -0.05) is 89.6 Å². The highest BCUT2D eigenvalue weighted by molar-refractivity contribution is 5.16. The zero-order chi connectivity index (χ0) is 17.7. The van der Waals surface area contributed by atoms with E-state index < -0.39 is 5.79 Å². The van der Waals surface area contributed by atoms with Gasteiger partial charge in [0.2, 0.25) is 0 Å². The van der Waals surface area contributed by atoms with Crippen LogP contribution in [-0.4, -0.2) is 19.5 Å². The molecule has 138 valence electrons. The van der Waals surface area contributed by atoms with Gasteiger partial charge < -0.3 is 9.47 Å². The van der Waals surface area contributed by atoms with Gasteiger partial charge in [0.25, 0.3) is 0 Å². The topological polar surface area (TPSA) is 18.5 Å². The van der Waals surface area contributed by atoms with Crippen molar-refractivity contribution >= 4 is 0 Å². The Morgan fingerprint density at radius 3 is 2.21 bits per heavy atom. The molecule has 0 radical (unpaired) electrons. The highest BCUT2D eigenvalue weighted by Crippen LogP contribution is 2.32.